The van der Waals surface area contributed by atoms with E-state index in [1.165, 1.54) is 132 Å². The Morgan fingerprint density at radius 2 is 1.24 bits per heavy atom. The van der Waals surface area contributed by atoms with Gasteiger partial charge in [-0.25, -0.2) is 0 Å². The third-order valence-electron chi connectivity index (χ3n) is 7.87. The number of nitrogens with zero attached hydrogens (tertiary/aromatic N) is 1. The van der Waals surface area contributed by atoms with Crippen molar-refractivity contribution >= 4 is 0 Å². The molecule has 1 fully saturated rings. The molecule has 0 N–H and O–H groups in total. The quantitative estimate of drug-likeness (QED) is 0.247. The predicted molar refractivity (Wildman–Crippen MR) is 145 cm³/mol. The van der Waals surface area contributed by atoms with Crippen molar-refractivity contribution in [3.8, 4) is 11.1 Å². The molecule has 0 unspecified atom stereocenters. The molecule has 0 aliphatic heterocycles. The first kappa shape index (κ1) is 26.0. The van der Waals surface area contributed by atoms with Crippen LogP contribution in [0.3, 0.4) is 0 Å². The molecule has 0 saturated heterocycles. The number of pyridine rings is 1. The molecule has 182 valence electrons. The molecule has 0 atom stereocenters. The van der Waals surface area contributed by atoms with Gasteiger partial charge in [0.15, 0.2) is 0 Å². The van der Waals surface area contributed by atoms with E-state index in [0.717, 1.165) is 5.92 Å². The van der Waals surface area contributed by atoms with E-state index < -0.39 is 0 Å². The minimum absolute atomic E-state index is 0.676. The molecule has 0 radical (unpaired) electrons. The van der Waals surface area contributed by atoms with Gasteiger partial charge in [-0.1, -0.05) is 115 Å². The van der Waals surface area contributed by atoms with Crippen LogP contribution in [0.2, 0.25) is 0 Å². The van der Waals surface area contributed by atoms with Gasteiger partial charge in [-0.3, -0.25) is 4.98 Å². The normalized spacial score (nSPS) is 18.5. The number of hydrogen-bond acceptors (Lipinski definition) is 1. The Morgan fingerprint density at radius 1 is 0.636 bits per heavy atom. The largest absolute Gasteiger partial charge is 0.260 e. The predicted octanol–water partition coefficient (Wildman–Crippen LogP) is 10.3. The van der Waals surface area contributed by atoms with Gasteiger partial charge in [0.05, 0.1) is 0 Å². The molecule has 1 nitrogen and oxygen atoms in total. The van der Waals surface area contributed by atoms with Crippen molar-refractivity contribution in [2.24, 2.45) is 5.92 Å². The van der Waals surface area contributed by atoms with Crippen LogP contribution in [0, 0.1) is 5.92 Å². The van der Waals surface area contributed by atoms with Gasteiger partial charge in [-0.2, -0.15) is 0 Å². The first-order valence-corrected chi connectivity index (χ1v) is 14.4. The molecule has 1 heteroatoms. The van der Waals surface area contributed by atoms with Crippen LogP contribution in [0.15, 0.2) is 42.6 Å². The second-order valence-corrected chi connectivity index (χ2v) is 10.6. The summed E-state index contributed by atoms with van der Waals surface area (Å²) in [5.41, 5.74) is 5.35. The van der Waals surface area contributed by atoms with E-state index in [1.807, 2.05) is 0 Å². The smallest absolute Gasteiger partial charge is 0.0434 e. The third-order valence-corrected chi connectivity index (χ3v) is 7.87. The summed E-state index contributed by atoms with van der Waals surface area (Å²) in [6.45, 7) is 4.59. The van der Waals surface area contributed by atoms with Crippen molar-refractivity contribution in [1.82, 2.24) is 4.98 Å². The van der Waals surface area contributed by atoms with Crippen molar-refractivity contribution in [3.05, 3.63) is 53.9 Å². The van der Waals surface area contributed by atoms with Gasteiger partial charge in [0.1, 0.15) is 0 Å². The highest BCUT2D eigenvalue weighted by atomic mass is 14.7. The molecule has 1 saturated carbocycles. The van der Waals surface area contributed by atoms with Crippen LogP contribution in [0.5, 0.6) is 0 Å². The van der Waals surface area contributed by atoms with Gasteiger partial charge < -0.3 is 0 Å². The Balaban J connectivity index is 1.39. The zero-order valence-electron chi connectivity index (χ0n) is 21.7. The summed E-state index contributed by atoms with van der Waals surface area (Å²) in [4.78, 5) is 4.91. The molecule has 1 aliphatic rings. The number of unbranched alkanes of at least 4 members (excludes halogenated alkanes) is 9. The number of aromatic nitrogens is 1. The van der Waals surface area contributed by atoms with E-state index in [9.17, 15) is 0 Å². The average molecular weight is 448 g/mol. The summed E-state index contributed by atoms with van der Waals surface area (Å²) in [5, 5.41) is 0. The fraction of sp³-hybridized carbons (Fsp3) is 0.656. The van der Waals surface area contributed by atoms with Crippen LogP contribution < -0.4 is 0 Å². The maximum absolute atomic E-state index is 4.91. The lowest BCUT2D eigenvalue weighted by Gasteiger charge is -2.28. The van der Waals surface area contributed by atoms with E-state index in [2.05, 4.69) is 56.4 Å². The van der Waals surface area contributed by atoms with E-state index in [1.54, 1.807) is 0 Å². The molecule has 1 aliphatic carbocycles. The van der Waals surface area contributed by atoms with Crippen molar-refractivity contribution in [2.75, 3.05) is 0 Å². The highest BCUT2D eigenvalue weighted by molar-refractivity contribution is 5.62. The topological polar surface area (TPSA) is 12.9 Å². The number of aryl methyl sites for hydroxylation is 1. The lowest BCUT2D eigenvalue weighted by Crippen LogP contribution is -2.14. The summed E-state index contributed by atoms with van der Waals surface area (Å²) < 4.78 is 0. The average Bonchev–Trinajstić information content (AvgIpc) is 2.87. The molecule has 3 rings (SSSR count). The van der Waals surface area contributed by atoms with Gasteiger partial charge >= 0.3 is 0 Å². The van der Waals surface area contributed by atoms with E-state index in [0.29, 0.717) is 5.92 Å². The van der Waals surface area contributed by atoms with Crippen molar-refractivity contribution in [3.63, 3.8) is 0 Å². The second-order valence-electron chi connectivity index (χ2n) is 10.6. The van der Waals surface area contributed by atoms with Crippen LogP contribution in [-0.4, -0.2) is 4.98 Å². The molecular weight excluding hydrogens is 398 g/mol. The van der Waals surface area contributed by atoms with Gasteiger partial charge in [-0.15, -0.1) is 0 Å². The molecule has 0 spiro atoms. The number of benzene rings is 1. The fourth-order valence-electron chi connectivity index (χ4n) is 5.57. The van der Waals surface area contributed by atoms with E-state index in [-0.39, 0.29) is 0 Å². The van der Waals surface area contributed by atoms with Crippen molar-refractivity contribution in [2.45, 2.75) is 129 Å². The van der Waals surface area contributed by atoms with Crippen LogP contribution in [0.4, 0.5) is 0 Å². The Morgan fingerprint density at radius 3 is 1.88 bits per heavy atom. The maximum atomic E-state index is 4.91. The fourth-order valence-corrected chi connectivity index (χ4v) is 5.57. The molecule has 1 aromatic carbocycles. The van der Waals surface area contributed by atoms with Crippen molar-refractivity contribution < 1.29 is 0 Å². The summed E-state index contributed by atoms with van der Waals surface area (Å²) in [6.07, 6.45) is 25.5. The summed E-state index contributed by atoms with van der Waals surface area (Å²) in [6, 6.07) is 13.8. The van der Waals surface area contributed by atoms with Gasteiger partial charge in [-0.05, 0) is 61.6 Å². The Bertz CT molecular complexity index is 737. The van der Waals surface area contributed by atoms with Crippen LogP contribution in [0.25, 0.3) is 11.1 Å². The van der Waals surface area contributed by atoms with Gasteiger partial charge in [0, 0.05) is 23.4 Å². The van der Waals surface area contributed by atoms with Crippen LogP contribution in [0.1, 0.15) is 134 Å². The third kappa shape index (κ3) is 9.26. The van der Waals surface area contributed by atoms with E-state index in [4.69, 9.17) is 4.98 Å². The molecule has 0 amide bonds. The van der Waals surface area contributed by atoms with Gasteiger partial charge in [0.25, 0.3) is 0 Å². The summed E-state index contributed by atoms with van der Waals surface area (Å²) in [7, 11) is 0. The molecule has 1 aromatic heterocycles. The Labute approximate surface area is 204 Å². The molecule has 1 heterocycles. The Hall–Kier alpha value is -1.63. The number of rotatable bonds is 15. The minimum atomic E-state index is 0.676. The molecule has 2 aromatic rings. The maximum Gasteiger partial charge on any atom is 0.0434 e. The Kier molecular flexibility index (Phi) is 12.1. The highest BCUT2D eigenvalue weighted by Gasteiger charge is 2.22. The summed E-state index contributed by atoms with van der Waals surface area (Å²) >= 11 is 0. The SMILES string of the molecule is CCCCCCCCc1ccc(-c2ccc(C3CCC(CCCCCCC)CC3)nc2)cc1. The molecular formula is C32H49N. The zero-order chi connectivity index (χ0) is 23.1. The summed E-state index contributed by atoms with van der Waals surface area (Å²) in [5.74, 6) is 1.65. The van der Waals surface area contributed by atoms with Crippen LogP contribution in [-0.2, 0) is 6.42 Å². The lowest BCUT2D eigenvalue weighted by molar-refractivity contribution is 0.299. The van der Waals surface area contributed by atoms with E-state index >= 15 is 0 Å². The molecule has 0 bridgehead atoms. The zero-order valence-corrected chi connectivity index (χ0v) is 21.7. The molecule has 33 heavy (non-hydrogen) atoms. The lowest BCUT2D eigenvalue weighted by atomic mass is 9.78. The first-order chi connectivity index (χ1) is 16.3. The monoisotopic (exact) mass is 447 g/mol. The van der Waals surface area contributed by atoms with Gasteiger partial charge in [0.2, 0.25) is 0 Å². The minimum Gasteiger partial charge on any atom is -0.260 e. The van der Waals surface area contributed by atoms with Crippen molar-refractivity contribution in [1.29, 1.82) is 0 Å². The number of hydrogen-bond donors (Lipinski definition) is 0. The standard InChI is InChI=1S/C32H49N/c1-3-5-7-9-11-13-15-27-16-20-29(21-17-27)31-24-25-32(33-26-31)30-22-18-28(19-23-30)14-12-10-8-6-4-2/h16-17,20-21,24-26,28,30H,3-15,18-19,22-23H2,1-2H3. The highest BCUT2D eigenvalue weighted by Crippen LogP contribution is 2.37. The second kappa shape index (κ2) is 15.3. The first-order valence-electron chi connectivity index (χ1n) is 14.4. The van der Waals surface area contributed by atoms with Crippen LogP contribution >= 0.6 is 0 Å².